The van der Waals surface area contributed by atoms with Crippen molar-refractivity contribution in [3.63, 3.8) is 0 Å². The van der Waals surface area contributed by atoms with Crippen LogP contribution in [0, 0.1) is 12.3 Å². The number of terminal acetylenes is 1. The average molecular weight is 157 g/mol. The van der Waals surface area contributed by atoms with Crippen LogP contribution in [0.3, 0.4) is 0 Å². The highest BCUT2D eigenvalue weighted by atomic mass is 15.1. The summed E-state index contributed by atoms with van der Waals surface area (Å²) in [6.45, 7) is 0. The average Bonchev–Trinajstić information content (AvgIpc) is 2.47. The number of fused-ring (bicyclic) bond motifs is 1. The number of nitrogens with zero attached hydrogens (tertiary/aromatic N) is 1. The van der Waals surface area contributed by atoms with E-state index in [0.29, 0.717) is 5.82 Å². The first-order valence-corrected chi connectivity index (χ1v) is 3.51. The van der Waals surface area contributed by atoms with Gasteiger partial charge in [0.25, 0.3) is 0 Å². The van der Waals surface area contributed by atoms with Gasteiger partial charge in [-0.05, 0) is 18.2 Å². The predicted octanol–water partition coefficient (Wildman–Crippen LogP) is 1.13. The molecular weight excluding hydrogens is 150 g/mol. The number of nitrogens with one attached hydrogen (secondary N) is 1. The molecule has 2 aromatic rings. The number of benzene rings is 1. The topological polar surface area (TPSA) is 54.7 Å². The van der Waals surface area contributed by atoms with Gasteiger partial charge in [-0.1, -0.05) is 5.92 Å². The van der Waals surface area contributed by atoms with Crippen LogP contribution in [0.25, 0.3) is 10.9 Å². The minimum atomic E-state index is 0.488. The van der Waals surface area contributed by atoms with Crippen molar-refractivity contribution in [3.05, 3.63) is 23.8 Å². The predicted molar refractivity (Wildman–Crippen MR) is 48.4 cm³/mol. The van der Waals surface area contributed by atoms with Crippen molar-refractivity contribution in [1.29, 1.82) is 0 Å². The summed E-state index contributed by atoms with van der Waals surface area (Å²) >= 11 is 0. The van der Waals surface area contributed by atoms with Crippen molar-refractivity contribution < 1.29 is 0 Å². The van der Waals surface area contributed by atoms with Crippen molar-refractivity contribution in [2.24, 2.45) is 0 Å². The maximum atomic E-state index is 5.59. The van der Waals surface area contributed by atoms with Crippen LogP contribution in [-0.2, 0) is 0 Å². The Bertz CT molecular complexity index is 462. The van der Waals surface area contributed by atoms with Crippen molar-refractivity contribution in [1.82, 2.24) is 10.2 Å². The van der Waals surface area contributed by atoms with Gasteiger partial charge in [0.05, 0.1) is 5.52 Å². The number of anilines is 1. The SMILES string of the molecule is C#Cc1ccc2[nH]nc(N)c2c1. The summed E-state index contributed by atoms with van der Waals surface area (Å²) in [5, 5.41) is 7.53. The third-order valence-electron chi connectivity index (χ3n) is 1.76. The summed E-state index contributed by atoms with van der Waals surface area (Å²) in [5.74, 6) is 3.03. The quantitative estimate of drug-likeness (QED) is 0.563. The summed E-state index contributed by atoms with van der Waals surface area (Å²) < 4.78 is 0. The molecule has 0 amide bonds. The molecule has 0 radical (unpaired) electrons. The summed E-state index contributed by atoms with van der Waals surface area (Å²) in [4.78, 5) is 0. The molecule has 3 nitrogen and oxygen atoms in total. The number of hydrogen-bond donors (Lipinski definition) is 2. The lowest BCUT2D eigenvalue weighted by Gasteiger charge is -1.90. The van der Waals surface area contributed by atoms with E-state index >= 15 is 0 Å². The first-order chi connectivity index (χ1) is 5.81. The van der Waals surface area contributed by atoms with E-state index in [1.165, 1.54) is 0 Å². The summed E-state index contributed by atoms with van der Waals surface area (Å²) in [6, 6.07) is 5.56. The van der Waals surface area contributed by atoms with Gasteiger partial charge < -0.3 is 5.73 Å². The third kappa shape index (κ3) is 0.823. The van der Waals surface area contributed by atoms with Crippen LogP contribution in [0.5, 0.6) is 0 Å². The maximum Gasteiger partial charge on any atom is 0.153 e. The summed E-state index contributed by atoms with van der Waals surface area (Å²) in [6.07, 6.45) is 5.24. The fourth-order valence-electron chi connectivity index (χ4n) is 1.12. The van der Waals surface area contributed by atoms with E-state index in [1.54, 1.807) is 0 Å². The zero-order valence-electron chi connectivity index (χ0n) is 6.33. The van der Waals surface area contributed by atoms with Gasteiger partial charge >= 0.3 is 0 Å². The van der Waals surface area contributed by atoms with Crippen LogP contribution in [0.4, 0.5) is 5.82 Å². The highest BCUT2D eigenvalue weighted by Crippen LogP contribution is 2.18. The van der Waals surface area contributed by atoms with Crippen molar-refractivity contribution in [3.8, 4) is 12.3 Å². The monoisotopic (exact) mass is 157 g/mol. The number of rotatable bonds is 0. The molecule has 0 saturated heterocycles. The Hall–Kier alpha value is -1.95. The smallest absolute Gasteiger partial charge is 0.153 e. The Morgan fingerprint density at radius 2 is 2.33 bits per heavy atom. The molecule has 0 aliphatic heterocycles. The van der Waals surface area contributed by atoms with E-state index in [1.807, 2.05) is 18.2 Å². The lowest BCUT2D eigenvalue weighted by molar-refractivity contribution is 1.13. The standard InChI is InChI=1S/C9H7N3/c1-2-6-3-4-8-7(5-6)9(10)12-11-8/h1,3-5H,(H3,10,11,12). The van der Waals surface area contributed by atoms with E-state index in [0.717, 1.165) is 16.5 Å². The van der Waals surface area contributed by atoms with E-state index in [4.69, 9.17) is 12.2 Å². The molecule has 0 unspecified atom stereocenters. The molecule has 0 spiro atoms. The molecule has 1 aromatic heterocycles. The molecule has 1 heterocycles. The highest BCUT2D eigenvalue weighted by molar-refractivity contribution is 5.89. The van der Waals surface area contributed by atoms with Crippen molar-refractivity contribution >= 4 is 16.7 Å². The molecule has 12 heavy (non-hydrogen) atoms. The van der Waals surface area contributed by atoms with Gasteiger partial charge in [0, 0.05) is 10.9 Å². The minimum absolute atomic E-state index is 0.488. The van der Waals surface area contributed by atoms with Crippen LogP contribution in [0.15, 0.2) is 18.2 Å². The number of nitrogen functional groups attached to an aromatic ring is 1. The number of aromatic amines is 1. The fraction of sp³-hybridized carbons (Fsp3) is 0. The van der Waals surface area contributed by atoms with Gasteiger partial charge in [-0.15, -0.1) is 6.42 Å². The van der Waals surface area contributed by atoms with E-state index in [9.17, 15) is 0 Å². The molecule has 0 aliphatic carbocycles. The highest BCUT2D eigenvalue weighted by Gasteiger charge is 2.00. The minimum Gasteiger partial charge on any atom is -0.382 e. The lowest BCUT2D eigenvalue weighted by Crippen LogP contribution is -1.83. The van der Waals surface area contributed by atoms with Crippen LogP contribution in [0.2, 0.25) is 0 Å². The first kappa shape index (κ1) is 6.74. The molecular formula is C9H7N3. The summed E-state index contributed by atoms with van der Waals surface area (Å²) in [7, 11) is 0. The zero-order chi connectivity index (χ0) is 8.55. The first-order valence-electron chi connectivity index (χ1n) is 3.51. The van der Waals surface area contributed by atoms with E-state index < -0.39 is 0 Å². The Morgan fingerprint density at radius 3 is 3.08 bits per heavy atom. The number of nitrogens with two attached hydrogens (primary N) is 1. The molecule has 3 heteroatoms. The molecule has 2 rings (SSSR count). The second-order valence-electron chi connectivity index (χ2n) is 2.51. The molecule has 58 valence electrons. The molecule has 0 atom stereocenters. The van der Waals surface area contributed by atoms with Gasteiger partial charge in [0.15, 0.2) is 5.82 Å². The van der Waals surface area contributed by atoms with Crippen LogP contribution >= 0.6 is 0 Å². The lowest BCUT2D eigenvalue weighted by atomic mass is 10.1. The maximum absolute atomic E-state index is 5.59. The molecule has 3 N–H and O–H groups in total. The van der Waals surface area contributed by atoms with Gasteiger partial charge in [0.1, 0.15) is 0 Å². The van der Waals surface area contributed by atoms with Crippen LogP contribution < -0.4 is 5.73 Å². The Labute approximate surface area is 69.6 Å². The van der Waals surface area contributed by atoms with Gasteiger partial charge in [-0.25, -0.2) is 0 Å². The number of aromatic nitrogens is 2. The van der Waals surface area contributed by atoms with Gasteiger partial charge in [-0.2, -0.15) is 5.10 Å². The van der Waals surface area contributed by atoms with E-state index in [-0.39, 0.29) is 0 Å². The second kappa shape index (κ2) is 2.28. The molecule has 1 aromatic carbocycles. The Morgan fingerprint density at radius 1 is 1.50 bits per heavy atom. The largest absolute Gasteiger partial charge is 0.382 e. The third-order valence-corrected chi connectivity index (χ3v) is 1.76. The fourth-order valence-corrected chi connectivity index (χ4v) is 1.12. The zero-order valence-corrected chi connectivity index (χ0v) is 6.33. The van der Waals surface area contributed by atoms with Crippen molar-refractivity contribution in [2.75, 3.05) is 5.73 Å². The summed E-state index contributed by atoms with van der Waals surface area (Å²) in [5.41, 5.74) is 7.31. The van der Waals surface area contributed by atoms with Crippen LogP contribution in [0.1, 0.15) is 5.56 Å². The molecule has 0 bridgehead atoms. The molecule has 0 fully saturated rings. The normalized spacial score (nSPS) is 9.92. The number of H-pyrrole nitrogens is 1. The number of hydrogen-bond acceptors (Lipinski definition) is 2. The second-order valence-corrected chi connectivity index (χ2v) is 2.51. The Balaban J connectivity index is 2.82. The Kier molecular flexibility index (Phi) is 1.28. The van der Waals surface area contributed by atoms with E-state index in [2.05, 4.69) is 16.1 Å². The van der Waals surface area contributed by atoms with Gasteiger partial charge in [0.2, 0.25) is 0 Å². The van der Waals surface area contributed by atoms with Crippen molar-refractivity contribution in [2.45, 2.75) is 0 Å². The van der Waals surface area contributed by atoms with Gasteiger partial charge in [-0.3, -0.25) is 5.10 Å². The van der Waals surface area contributed by atoms with Crippen LogP contribution in [-0.4, -0.2) is 10.2 Å². The molecule has 0 saturated carbocycles. The molecule has 0 aliphatic rings.